The number of rotatable bonds is 4. The van der Waals surface area contributed by atoms with Crippen LogP contribution in [0.2, 0.25) is 0 Å². The first-order valence-electron chi connectivity index (χ1n) is 6.99. The molecule has 2 N–H and O–H groups in total. The highest BCUT2D eigenvalue weighted by molar-refractivity contribution is 7.99. The van der Waals surface area contributed by atoms with Crippen molar-refractivity contribution >= 4 is 41.7 Å². The molecule has 22 heavy (non-hydrogen) atoms. The molecule has 2 amide bonds. The van der Waals surface area contributed by atoms with Gasteiger partial charge >= 0.3 is 0 Å². The van der Waals surface area contributed by atoms with E-state index in [1.165, 1.54) is 4.90 Å². The molecule has 0 bridgehead atoms. The van der Waals surface area contributed by atoms with Crippen LogP contribution in [0, 0.1) is 0 Å². The van der Waals surface area contributed by atoms with E-state index in [0.717, 1.165) is 18.1 Å². The van der Waals surface area contributed by atoms with Crippen LogP contribution in [-0.4, -0.2) is 54.9 Å². The number of hydrogen-bond acceptors (Lipinski definition) is 4. The summed E-state index contributed by atoms with van der Waals surface area (Å²) < 4.78 is 0. The van der Waals surface area contributed by atoms with Gasteiger partial charge in [0.2, 0.25) is 5.91 Å². The van der Waals surface area contributed by atoms with Gasteiger partial charge in [-0.15, -0.1) is 12.4 Å². The smallest absolute Gasteiger partial charge is 0.253 e. The van der Waals surface area contributed by atoms with E-state index in [1.54, 1.807) is 38.4 Å². The van der Waals surface area contributed by atoms with Gasteiger partial charge in [0.15, 0.2) is 0 Å². The summed E-state index contributed by atoms with van der Waals surface area (Å²) in [4.78, 5) is 25.5. The van der Waals surface area contributed by atoms with E-state index in [9.17, 15) is 9.59 Å². The van der Waals surface area contributed by atoms with Crippen molar-refractivity contribution in [2.45, 2.75) is 12.5 Å². The number of halogens is 1. The number of nitrogens with zero attached hydrogens (tertiary/aromatic N) is 1. The van der Waals surface area contributed by atoms with Gasteiger partial charge in [0.05, 0.1) is 0 Å². The van der Waals surface area contributed by atoms with Gasteiger partial charge in [-0.05, 0) is 18.2 Å². The maximum atomic E-state index is 12.0. The van der Waals surface area contributed by atoms with Gasteiger partial charge in [-0.25, -0.2) is 0 Å². The Bertz CT molecular complexity index is 519. The van der Waals surface area contributed by atoms with Crippen LogP contribution in [0.4, 0.5) is 5.69 Å². The van der Waals surface area contributed by atoms with Crippen molar-refractivity contribution in [1.82, 2.24) is 10.2 Å². The van der Waals surface area contributed by atoms with Crippen molar-refractivity contribution in [3.63, 3.8) is 0 Å². The minimum atomic E-state index is -0.0727. The zero-order chi connectivity index (χ0) is 15.2. The molecular weight excluding hydrogens is 322 g/mol. The molecule has 0 spiro atoms. The summed E-state index contributed by atoms with van der Waals surface area (Å²) in [6, 6.07) is 7.27. The second-order valence-corrected chi connectivity index (χ2v) is 6.41. The first-order chi connectivity index (χ1) is 10.1. The lowest BCUT2D eigenvalue weighted by atomic mass is 10.1. The van der Waals surface area contributed by atoms with Crippen molar-refractivity contribution in [2.24, 2.45) is 0 Å². The van der Waals surface area contributed by atoms with Crippen LogP contribution in [0.5, 0.6) is 0 Å². The standard InChI is InChI=1S/C15H21N3O2S.ClH/c1-18(2)15(20)11-4-3-5-12(8-11)17-14(19)9-13-10-21-7-6-16-13;/h3-5,8,13,16H,6-7,9-10H2,1-2H3,(H,17,19);1H. The lowest BCUT2D eigenvalue weighted by molar-refractivity contribution is -0.116. The van der Waals surface area contributed by atoms with Crippen molar-refractivity contribution < 1.29 is 9.59 Å². The SMILES string of the molecule is CN(C)C(=O)c1cccc(NC(=O)CC2CSCCN2)c1.Cl. The summed E-state index contributed by atoms with van der Waals surface area (Å²) in [7, 11) is 3.42. The summed E-state index contributed by atoms with van der Waals surface area (Å²) in [5, 5.41) is 6.20. The average molecular weight is 344 g/mol. The Morgan fingerprint density at radius 2 is 2.18 bits per heavy atom. The summed E-state index contributed by atoms with van der Waals surface area (Å²) in [6.07, 6.45) is 0.457. The largest absolute Gasteiger partial charge is 0.345 e. The fourth-order valence-electron chi connectivity index (χ4n) is 2.17. The lowest BCUT2D eigenvalue weighted by Gasteiger charge is -2.22. The fraction of sp³-hybridized carbons (Fsp3) is 0.467. The molecule has 0 aliphatic carbocycles. The van der Waals surface area contributed by atoms with E-state index in [2.05, 4.69) is 10.6 Å². The average Bonchev–Trinajstić information content (AvgIpc) is 2.47. The van der Waals surface area contributed by atoms with Gasteiger partial charge in [0.25, 0.3) is 5.91 Å². The monoisotopic (exact) mass is 343 g/mol. The molecule has 1 aliphatic rings. The summed E-state index contributed by atoms with van der Waals surface area (Å²) in [5.74, 6) is 1.97. The topological polar surface area (TPSA) is 61.4 Å². The molecule has 1 unspecified atom stereocenters. The highest BCUT2D eigenvalue weighted by Crippen LogP contribution is 2.14. The first-order valence-corrected chi connectivity index (χ1v) is 8.14. The third-order valence-corrected chi connectivity index (χ3v) is 4.36. The van der Waals surface area contributed by atoms with E-state index in [4.69, 9.17) is 0 Å². The van der Waals surface area contributed by atoms with Crippen molar-refractivity contribution in [3.05, 3.63) is 29.8 Å². The normalized spacial score (nSPS) is 17.3. The maximum absolute atomic E-state index is 12.0. The molecule has 0 saturated carbocycles. The molecule has 1 fully saturated rings. The van der Waals surface area contributed by atoms with E-state index < -0.39 is 0 Å². The van der Waals surface area contributed by atoms with E-state index in [-0.39, 0.29) is 30.3 Å². The summed E-state index contributed by atoms with van der Waals surface area (Å²) in [6.45, 7) is 0.954. The molecule has 1 saturated heterocycles. The van der Waals surface area contributed by atoms with Crippen molar-refractivity contribution in [2.75, 3.05) is 37.5 Å². The van der Waals surface area contributed by atoms with E-state index in [1.807, 2.05) is 11.8 Å². The van der Waals surface area contributed by atoms with Crippen molar-refractivity contribution in [1.29, 1.82) is 0 Å². The summed E-state index contributed by atoms with van der Waals surface area (Å²) in [5.41, 5.74) is 1.24. The van der Waals surface area contributed by atoms with E-state index >= 15 is 0 Å². The Morgan fingerprint density at radius 3 is 2.82 bits per heavy atom. The minimum absolute atomic E-state index is 0. The van der Waals surface area contributed by atoms with Crippen LogP contribution in [-0.2, 0) is 4.79 Å². The molecule has 2 rings (SSSR count). The second-order valence-electron chi connectivity index (χ2n) is 5.26. The molecular formula is C15H22ClN3O2S. The predicted octanol–water partition coefficient (Wildman–Crippen LogP) is 1.84. The number of carbonyl (C=O) groups excluding carboxylic acids is 2. The maximum Gasteiger partial charge on any atom is 0.253 e. The zero-order valence-corrected chi connectivity index (χ0v) is 14.4. The summed E-state index contributed by atoms with van der Waals surface area (Å²) >= 11 is 1.87. The Labute approximate surface area is 141 Å². The number of nitrogens with one attached hydrogen (secondary N) is 2. The lowest BCUT2D eigenvalue weighted by Crippen LogP contribution is -2.39. The molecule has 1 aromatic rings. The number of thioether (sulfide) groups is 1. The van der Waals surface area contributed by atoms with E-state index in [0.29, 0.717) is 17.7 Å². The first kappa shape index (κ1) is 18.8. The second kappa shape index (κ2) is 9.02. The van der Waals surface area contributed by atoms with Crippen LogP contribution in [0.1, 0.15) is 16.8 Å². The molecule has 1 aliphatic heterocycles. The third kappa shape index (κ3) is 5.51. The number of hydrogen-bond donors (Lipinski definition) is 2. The zero-order valence-electron chi connectivity index (χ0n) is 12.8. The molecule has 1 heterocycles. The fourth-order valence-corrected chi connectivity index (χ4v) is 3.12. The number of carbonyl (C=O) groups is 2. The van der Waals surface area contributed by atoms with Crippen molar-refractivity contribution in [3.8, 4) is 0 Å². The molecule has 0 aromatic heterocycles. The van der Waals surface area contributed by atoms with Gasteiger partial charge in [0.1, 0.15) is 0 Å². The predicted molar refractivity (Wildman–Crippen MR) is 94.1 cm³/mol. The Kier molecular flexibility index (Phi) is 7.72. The van der Waals surface area contributed by atoms with Gasteiger partial charge < -0.3 is 15.5 Å². The highest BCUT2D eigenvalue weighted by Gasteiger charge is 2.17. The molecule has 1 atom stereocenters. The molecule has 7 heteroatoms. The molecule has 5 nitrogen and oxygen atoms in total. The van der Waals surface area contributed by atoms with Crippen LogP contribution < -0.4 is 10.6 Å². The molecule has 122 valence electrons. The minimum Gasteiger partial charge on any atom is -0.345 e. The Hall–Kier alpha value is -1.24. The number of amides is 2. The van der Waals surface area contributed by atoms with Gasteiger partial charge in [-0.3, -0.25) is 9.59 Å². The van der Waals surface area contributed by atoms with Crippen LogP contribution in [0.15, 0.2) is 24.3 Å². The Morgan fingerprint density at radius 1 is 1.41 bits per heavy atom. The number of anilines is 1. The van der Waals surface area contributed by atoms with Gasteiger partial charge in [-0.1, -0.05) is 6.07 Å². The van der Waals surface area contributed by atoms with Crippen LogP contribution >= 0.6 is 24.2 Å². The Balaban J connectivity index is 0.00000242. The molecule has 0 radical (unpaired) electrons. The van der Waals surface area contributed by atoms with Crippen LogP contribution in [0.3, 0.4) is 0 Å². The van der Waals surface area contributed by atoms with Crippen LogP contribution in [0.25, 0.3) is 0 Å². The molecule has 1 aromatic carbocycles. The quantitative estimate of drug-likeness (QED) is 0.875. The highest BCUT2D eigenvalue weighted by atomic mass is 35.5. The third-order valence-electron chi connectivity index (χ3n) is 3.23. The van der Waals surface area contributed by atoms with Gasteiger partial charge in [-0.2, -0.15) is 11.8 Å². The van der Waals surface area contributed by atoms with Gasteiger partial charge in [0, 0.05) is 55.9 Å². The number of benzene rings is 1.